The smallest absolute Gasteiger partial charge is 0.255 e. The Balaban J connectivity index is 2.20. The van der Waals surface area contributed by atoms with E-state index < -0.39 is 0 Å². The number of amides is 1. The molecule has 1 aromatic carbocycles. The molecule has 0 aliphatic carbocycles. The van der Waals surface area contributed by atoms with Crippen LogP contribution in [0.2, 0.25) is 0 Å². The Hall–Kier alpha value is -2.34. The predicted octanol–water partition coefficient (Wildman–Crippen LogP) is 2.25. The van der Waals surface area contributed by atoms with Crippen LogP contribution < -0.4 is 15.8 Å². The van der Waals surface area contributed by atoms with E-state index in [4.69, 9.17) is 10.5 Å². The molecule has 1 amide bonds. The highest BCUT2D eigenvalue weighted by molar-refractivity contribution is 5.97. The second-order valence-electron chi connectivity index (χ2n) is 5.52. The lowest BCUT2D eigenvalue weighted by Crippen LogP contribution is -2.29. The number of benzene rings is 1. The highest BCUT2D eigenvalue weighted by Crippen LogP contribution is 2.22. The van der Waals surface area contributed by atoms with E-state index in [9.17, 15) is 4.79 Å². The monoisotopic (exact) mass is 316 g/mol. The fraction of sp³-hybridized carbons (Fsp3) is 0.412. The van der Waals surface area contributed by atoms with E-state index in [0.29, 0.717) is 24.5 Å². The highest BCUT2D eigenvalue weighted by atomic mass is 16.5. The van der Waals surface area contributed by atoms with Gasteiger partial charge in [-0.15, -0.1) is 0 Å². The number of hydrogen-bond acceptors (Lipinski definition) is 4. The number of H-pyrrole nitrogens is 1. The van der Waals surface area contributed by atoms with E-state index in [0.717, 1.165) is 23.5 Å². The lowest BCUT2D eigenvalue weighted by atomic mass is 10.1. The van der Waals surface area contributed by atoms with Crippen LogP contribution in [-0.2, 0) is 0 Å². The summed E-state index contributed by atoms with van der Waals surface area (Å²) < 4.78 is 5.58. The van der Waals surface area contributed by atoms with Crippen molar-refractivity contribution in [3.05, 3.63) is 47.0 Å². The van der Waals surface area contributed by atoms with Crippen molar-refractivity contribution in [1.29, 1.82) is 0 Å². The number of rotatable bonds is 7. The number of nitrogens with two attached hydrogens (primary N) is 1. The van der Waals surface area contributed by atoms with Crippen LogP contribution in [0, 0.1) is 13.8 Å². The summed E-state index contributed by atoms with van der Waals surface area (Å²) in [6, 6.07) is 5.37. The first-order valence-electron chi connectivity index (χ1n) is 7.81. The number of aromatic nitrogens is 2. The van der Waals surface area contributed by atoms with Gasteiger partial charge >= 0.3 is 0 Å². The number of carbonyl (C=O) groups excluding carboxylic acids is 1. The predicted molar refractivity (Wildman–Crippen MR) is 89.6 cm³/mol. The number of ether oxygens (including phenoxy) is 1. The summed E-state index contributed by atoms with van der Waals surface area (Å²) in [7, 11) is 0. The van der Waals surface area contributed by atoms with Crippen molar-refractivity contribution >= 4 is 5.91 Å². The maximum Gasteiger partial charge on any atom is 0.255 e. The molecule has 1 atom stereocenters. The molecule has 0 bridgehead atoms. The van der Waals surface area contributed by atoms with E-state index in [1.807, 2.05) is 32.9 Å². The lowest BCUT2D eigenvalue weighted by molar-refractivity contribution is 0.0929. The Morgan fingerprint density at radius 2 is 2.22 bits per heavy atom. The third kappa shape index (κ3) is 4.32. The fourth-order valence-electron chi connectivity index (χ4n) is 2.33. The maximum absolute atomic E-state index is 12.7. The number of nitrogens with zero attached hydrogens (tertiary/aromatic N) is 1. The van der Waals surface area contributed by atoms with Gasteiger partial charge in [-0.3, -0.25) is 4.79 Å². The zero-order chi connectivity index (χ0) is 16.8. The van der Waals surface area contributed by atoms with Crippen molar-refractivity contribution in [3.8, 4) is 5.75 Å². The average molecular weight is 316 g/mol. The SMILES string of the molecule is CCC(NC(=O)c1cc(C)ccc1OCCN)c1ncc(C)[nH]1. The van der Waals surface area contributed by atoms with Gasteiger partial charge in [0, 0.05) is 18.4 Å². The van der Waals surface area contributed by atoms with Crippen LogP contribution in [0.15, 0.2) is 24.4 Å². The van der Waals surface area contributed by atoms with Gasteiger partial charge in [-0.1, -0.05) is 18.6 Å². The molecule has 0 radical (unpaired) electrons. The van der Waals surface area contributed by atoms with Gasteiger partial charge in [0.25, 0.3) is 5.91 Å². The van der Waals surface area contributed by atoms with E-state index in [1.165, 1.54) is 0 Å². The average Bonchev–Trinajstić information content (AvgIpc) is 2.97. The molecule has 0 saturated carbocycles. The van der Waals surface area contributed by atoms with Crippen molar-refractivity contribution in [2.75, 3.05) is 13.2 Å². The van der Waals surface area contributed by atoms with Gasteiger partial charge in [0.1, 0.15) is 18.2 Å². The summed E-state index contributed by atoms with van der Waals surface area (Å²) in [5.74, 6) is 1.13. The highest BCUT2D eigenvalue weighted by Gasteiger charge is 2.19. The molecule has 0 saturated heterocycles. The minimum absolute atomic E-state index is 0.168. The normalized spacial score (nSPS) is 12.0. The summed E-state index contributed by atoms with van der Waals surface area (Å²) in [6.07, 6.45) is 2.50. The molecule has 0 fully saturated rings. The molecular weight excluding hydrogens is 292 g/mol. The Kier molecular flexibility index (Phi) is 5.76. The Morgan fingerprint density at radius 3 is 2.83 bits per heavy atom. The number of carbonyl (C=O) groups is 1. The number of nitrogens with one attached hydrogen (secondary N) is 2. The van der Waals surface area contributed by atoms with Gasteiger partial charge in [-0.2, -0.15) is 0 Å². The van der Waals surface area contributed by atoms with Crippen LogP contribution in [-0.4, -0.2) is 29.0 Å². The van der Waals surface area contributed by atoms with Gasteiger partial charge in [0.15, 0.2) is 0 Å². The molecule has 2 aromatic rings. The Bertz CT molecular complexity index is 666. The van der Waals surface area contributed by atoms with Crippen molar-refractivity contribution in [3.63, 3.8) is 0 Å². The number of imidazole rings is 1. The number of aromatic amines is 1. The first-order valence-corrected chi connectivity index (χ1v) is 7.81. The number of hydrogen-bond donors (Lipinski definition) is 3. The third-order valence-electron chi connectivity index (χ3n) is 3.52. The summed E-state index contributed by atoms with van der Waals surface area (Å²) in [4.78, 5) is 20.1. The van der Waals surface area contributed by atoms with Crippen LogP contribution in [0.25, 0.3) is 0 Å². The minimum atomic E-state index is -0.179. The van der Waals surface area contributed by atoms with Crippen LogP contribution in [0.1, 0.15) is 46.8 Å². The standard InChI is InChI=1S/C17H24N4O2/c1-4-14(16-19-10-12(3)20-16)21-17(22)13-9-11(2)5-6-15(13)23-8-7-18/h5-6,9-10,14H,4,7-8,18H2,1-3H3,(H,19,20)(H,21,22). The molecular formula is C17H24N4O2. The molecule has 0 aliphatic rings. The van der Waals surface area contributed by atoms with E-state index in [-0.39, 0.29) is 11.9 Å². The largest absolute Gasteiger partial charge is 0.491 e. The Labute approximate surface area is 136 Å². The van der Waals surface area contributed by atoms with Crippen molar-refractivity contribution < 1.29 is 9.53 Å². The van der Waals surface area contributed by atoms with Crippen molar-refractivity contribution in [1.82, 2.24) is 15.3 Å². The molecule has 1 unspecified atom stereocenters. The second-order valence-corrected chi connectivity index (χ2v) is 5.52. The molecule has 6 heteroatoms. The van der Waals surface area contributed by atoms with Gasteiger partial charge < -0.3 is 20.8 Å². The second kappa shape index (κ2) is 7.78. The van der Waals surface area contributed by atoms with Crippen molar-refractivity contribution in [2.24, 2.45) is 5.73 Å². The minimum Gasteiger partial charge on any atom is -0.491 e. The number of aryl methyl sites for hydroxylation is 2. The molecule has 6 nitrogen and oxygen atoms in total. The van der Waals surface area contributed by atoms with Crippen LogP contribution in [0.5, 0.6) is 5.75 Å². The topological polar surface area (TPSA) is 93.0 Å². The Morgan fingerprint density at radius 1 is 1.43 bits per heavy atom. The van der Waals surface area contributed by atoms with E-state index in [2.05, 4.69) is 15.3 Å². The molecule has 23 heavy (non-hydrogen) atoms. The van der Waals surface area contributed by atoms with Gasteiger partial charge in [-0.25, -0.2) is 4.98 Å². The molecule has 2 rings (SSSR count). The third-order valence-corrected chi connectivity index (χ3v) is 3.52. The molecule has 124 valence electrons. The zero-order valence-electron chi connectivity index (χ0n) is 13.8. The summed E-state index contributed by atoms with van der Waals surface area (Å²) in [5.41, 5.74) is 7.95. The molecule has 1 heterocycles. The fourth-order valence-corrected chi connectivity index (χ4v) is 2.33. The van der Waals surface area contributed by atoms with E-state index >= 15 is 0 Å². The summed E-state index contributed by atoms with van der Waals surface area (Å²) >= 11 is 0. The maximum atomic E-state index is 12.7. The summed E-state index contributed by atoms with van der Waals surface area (Å²) in [5, 5.41) is 3.01. The quantitative estimate of drug-likeness (QED) is 0.730. The van der Waals surface area contributed by atoms with E-state index in [1.54, 1.807) is 12.3 Å². The van der Waals surface area contributed by atoms with Crippen LogP contribution >= 0.6 is 0 Å². The van der Waals surface area contributed by atoms with Gasteiger partial charge in [0.2, 0.25) is 0 Å². The van der Waals surface area contributed by atoms with Crippen LogP contribution in [0.3, 0.4) is 0 Å². The first-order chi connectivity index (χ1) is 11.0. The van der Waals surface area contributed by atoms with Gasteiger partial charge in [0.05, 0.1) is 11.6 Å². The molecule has 4 N–H and O–H groups in total. The van der Waals surface area contributed by atoms with Crippen molar-refractivity contribution in [2.45, 2.75) is 33.2 Å². The molecule has 0 spiro atoms. The zero-order valence-corrected chi connectivity index (χ0v) is 13.8. The van der Waals surface area contributed by atoms with Gasteiger partial charge in [-0.05, 0) is 32.4 Å². The first kappa shape index (κ1) is 17.0. The lowest BCUT2D eigenvalue weighted by Gasteiger charge is -2.17. The van der Waals surface area contributed by atoms with Crippen LogP contribution in [0.4, 0.5) is 0 Å². The summed E-state index contributed by atoms with van der Waals surface area (Å²) in [6.45, 7) is 6.65. The molecule has 1 aromatic heterocycles. The molecule has 0 aliphatic heterocycles.